The van der Waals surface area contributed by atoms with E-state index in [1.165, 1.54) is 18.2 Å². The summed E-state index contributed by atoms with van der Waals surface area (Å²) in [5, 5.41) is 13.3. The van der Waals surface area contributed by atoms with Gasteiger partial charge in [-0.2, -0.15) is 17.9 Å². The van der Waals surface area contributed by atoms with E-state index in [0.29, 0.717) is 30.8 Å². The molecule has 1 N–H and O–H groups in total. The van der Waals surface area contributed by atoms with Crippen LogP contribution in [0.15, 0.2) is 89.7 Å². The van der Waals surface area contributed by atoms with Crippen LogP contribution in [0.5, 0.6) is 5.75 Å². The maximum atomic E-state index is 14.8. The van der Waals surface area contributed by atoms with Crippen molar-refractivity contribution in [2.45, 2.75) is 38.8 Å². The molecule has 0 aliphatic heterocycles. The standard InChI is InChI=1S/C34H28ClF4N3O4/c1-2-46-30-17-14-23(18-24(30)19-32(43)44)22-12-10-21(11-13-22)6-5-9-31-40-42(28-16-15-25(20-26(28)35)34(37,38)39)33(45)41(31)29-8-4-3-7-27(29)36/h3-4,7-8,10-18,20H,2,5-6,9,19H2,1H3,(H,43,44). The number of carboxylic acids is 1. The lowest BCUT2D eigenvalue weighted by atomic mass is 9.98. The zero-order chi connectivity index (χ0) is 33.0. The van der Waals surface area contributed by atoms with Crippen LogP contribution in [0.4, 0.5) is 17.6 Å². The Bertz CT molecular complexity index is 1930. The molecule has 5 rings (SSSR count). The van der Waals surface area contributed by atoms with Crippen LogP contribution in [0.2, 0.25) is 5.02 Å². The summed E-state index contributed by atoms with van der Waals surface area (Å²) in [5.74, 6) is -0.883. The average molecular weight is 654 g/mol. The van der Waals surface area contributed by atoms with E-state index in [1.54, 1.807) is 18.2 Å². The number of carbonyl (C=O) groups is 1. The molecule has 0 atom stereocenters. The van der Waals surface area contributed by atoms with Crippen LogP contribution in [0, 0.1) is 5.82 Å². The molecule has 0 saturated heterocycles. The Morgan fingerprint density at radius 1 is 0.935 bits per heavy atom. The molecule has 0 fully saturated rings. The summed E-state index contributed by atoms with van der Waals surface area (Å²) >= 11 is 6.16. The van der Waals surface area contributed by atoms with Crippen molar-refractivity contribution in [1.29, 1.82) is 0 Å². The molecular formula is C34H28ClF4N3O4. The Kier molecular flexibility index (Phi) is 9.62. The molecule has 0 aliphatic carbocycles. The number of benzene rings is 4. The second-order valence-electron chi connectivity index (χ2n) is 10.4. The molecular weight excluding hydrogens is 626 g/mol. The van der Waals surface area contributed by atoms with E-state index in [2.05, 4.69) is 5.10 Å². The summed E-state index contributed by atoms with van der Waals surface area (Å²) in [4.78, 5) is 24.8. The SMILES string of the molecule is CCOc1ccc(-c2ccc(CCCc3nn(-c4ccc(C(F)(F)F)cc4Cl)c(=O)n3-c3ccccc3F)cc2)cc1CC(=O)O. The Hall–Kier alpha value is -4.90. The fraction of sp³-hybridized carbons (Fsp3) is 0.206. The smallest absolute Gasteiger partial charge is 0.416 e. The molecule has 5 aromatic rings. The Balaban J connectivity index is 1.38. The highest BCUT2D eigenvalue weighted by Crippen LogP contribution is 2.33. The van der Waals surface area contributed by atoms with Crippen LogP contribution in [-0.2, 0) is 30.2 Å². The van der Waals surface area contributed by atoms with Crippen molar-refractivity contribution >= 4 is 17.6 Å². The second-order valence-corrected chi connectivity index (χ2v) is 10.8. The molecule has 0 radical (unpaired) electrons. The highest BCUT2D eigenvalue weighted by atomic mass is 35.5. The largest absolute Gasteiger partial charge is 0.494 e. The molecule has 46 heavy (non-hydrogen) atoms. The first kappa shape index (κ1) is 32.5. The van der Waals surface area contributed by atoms with Gasteiger partial charge in [-0.15, -0.1) is 5.10 Å². The Morgan fingerprint density at radius 2 is 1.65 bits per heavy atom. The number of alkyl halides is 3. The molecule has 7 nitrogen and oxygen atoms in total. The number of aryl methyl sites for hydroxylation is 2. The molecule has 1 aromatic heterocycles. The highest BCUT2D eigenvalue weighted by molar-refractivity contribution is 6.32. The quantitative estimate of drug-likeness (QED) is 0.148. The zero-order valence-electron chi connectivity index (χ0n) is 24.5. The van der Waals surface area contributed by atoms with Crippen LogP contribution in [-0.4, -0.2) is 32.0 Å². The van der Waals surface area contributed by atoms with E-state index in [9.17, 15) is 32.3 Å². The second kappa shape index (κ2) is 13.6. The van der Waals surface area contributed by atoms with Gasteiger partial charge in [0, 0.05) is 12.0 Å². The van der Waals surface area contributed by atoms with Gasteiger partial charge in [0.05, 0.1) is 35.0 Å². The molecule has 0 aliphatic rings. The molecule has 0 saturated carbocycles. The normalized spacial score (nSPS) is 11.5. The van der Waals surface area contributed by atoms with Gasteiger partial charge in [-0.3, -0.25) is 4.79 Å². The number of carboxylic acid groups (broad SMARTS) is 1. The summed E-state index contributed by atoms with van der Waals surface area (Å²) in [6.07, 6.45) is -3.46. The predicted octanol–water partition coefficient (Wildman–Crippen LogP) is 7.70. The van der Waals surface area contributed by atoms with Crippen LogP contribution < -0.4 is 10.4 Å². The van der Waals surface area contributed by atoms with Crippen molar-refractivity contribution in [3.63, 3.8) is 0 Å². The lowest BCUT2D eigenvalue weighted by molar-refractivity contribution is -0.138. The maximum absolute atomic E-state index is 14.8. The van der Waals surface area contributed by atoms with Gasteiger partial charge < -0.3 is 9.84 Å². The summed E-state index contributed by atoms with van der Waals surface area (Å²) in [6.45, 7) is 2.25. The molecule has 4 aromatic carbocycles. The summed E-state index contributed by atoms with van der Waals surface area (Å²) in [5.41, 5.74) is 1.43. The summed E-state index contributed by atoms with van der Waals surface area (Å²) in [7, 11) is 0. The van der Waals surface area contributed by atoms with Crippen LogP contribution >= 0.6 is 11.6 Å². The number of ether oxygens (including phenoxy) is 1. The number of hydrogen-bond donors (Lipinski definition) is 1. The van der Waals surface area contributed by atoms with Gasteiger partial charge in [-0.05, 0) is 78.9 Å². The predicted molar refractivity (Wildman–Crippen MR) is 166 cm³/mol. The third-order valence-corrected chi connectivity index (χ3v) is 7.60. The minimum Gasteiger partial charge on any atom is -0.494 e. The van der Waals surface area contributed by atoms with Crippen molar-refractivity contribution in [3.8, 4) is 28.3 Å². The van der Waals surface area contributed by atoms with E-state index in [-0.39, 0.29) is 35.1 Å². The number of aliphatic carboxylic acids is 1. The van der Waals surface area contributed by atoms with E-state index in [4.69, 9.17) is 16.3 Å². The molecule has 0 unspecified atom stereocenters. The van der Waals surface area contributed by atoms with E-state index < -0.39 is 29.2 Å². The molecule has 12 heteroatoms. The van der Waals surface area contributed by atoms with Crippen LogP contribution in [0.1, 0.15) is 35.9 Å². The summed E-state index contributed by atoms with van der Waals surface area (Å²) in [6, 6.07) is 21.4. The van der Waals surface area contributed by atoms with Crippen molar-refractivity contribution in [3.05, 3.63) is 129 Å². The topological polar surface area (TPSA) is 86.4 Å². The van der Waals surface area contributed by atoms with E-state index >= 15 is 0 Å². The first-order valence-electron chi connectivity index (χ1n) is 14.4. The van der Waals surface area contributed by atoms with Gasteiger partial charge in [0.1, 0.15) is 17.4 Å². The monoisotopic (exact) mass is 653 g/mol. The number of para-hydroxylation sites is 1. The third-order valence-electron chi connectivity index (χ3n) is 7.30. The van der Waals surface area contributed by atoms with Crippen molar-refractivity contribution in [1.82, 2.24) is 14.3 Å². The van der Waals surface area contributed by atoms with Gasteiger partial charge >= 0.3 is 17.8 Å². The number of nitrogens with zero attached hydrogens (tertiary/aromatic N) is 3. The van der Waals surface area contributed by atoms with Crippen molar-refractivity contribution in [2.75, 3.05) is 6.61 Å². The number of rotatable bonds is 11. The number of hydrogen-bond acceptors (Lipinski definition) is 4. The van der Waals surface area contributed by atoms with Gasteiger partial charge in [0.25, 0.3) is 0 Å². The molecule has 0 spiro atoms. The van der Waals surface area contributed by atoms with Gasteiger partial charge in [0.15, 0.2) is 0 Å². The fourth-order valence-corrected chi connectivity index (χ4v) is 5.39. The Labute approximate surface area is 266 Å². The zero-order valence-corrected chi connectivity index (χ0v) is 25.3. The highest BCUT2D eigenvalue weighted by Gasteiger charge is 2.31. The maximum Gasteiger partial charge on any atom is 0.416 e. The average Bonchev–Trinajstić information content (AvgIpc) is 3.33. The van der Waals surface area contributed by atoms with E-state index in [0.717, 1.165) is 44.1 Å². The minimum atomic E-state index is -4.62. The van der Waals surface area contributed by atoms with E-state index in [1.807, 2.05) is 37.3 Å². The van der Waals surface area contributed by atoms with Crippen molar-refractivity contribution < 1.29 is 32.2 Å². The third kappa shape index (κ3) is 7.15. The first-order chi connectivity index (χ1) is 22.0. The Morgan fingerprint density at radius 3 is 2.30 bits per heavy atom. The lowest BCUT2D eigenvalue weighted by Gasteiger charge is -2.12. The molecule has 238 valence electrons. The van der Waals surface area contributed by atoms with Crippen LogP contribution in [0.25, 0.3) is 22.5 Å². The minimum absolute atomic E-state index is 0.0428. The lowest BCUT2D eigenvalue weighted by Crippen LogP contribution is -2.24. The molecule has 0 bridgehead atoms. The van der Waals surface area contributed by atoms with Crippen molar-refractivity contribution in [2.24, 2.45) is 0 Å². The number of halogens is 5. The number of aromatic nitrogens is 3. The van der Waals surface area contributed by atoms with Crippen LogP contribution in [0.3, 0.4) is 0 Å². The molecule has 1 heterocycles. The van der Waals surface area contributed by atoms with Gasteiger partial charge in [0.2, 0.25) is 0 Å². The summed E-state index contributed by atoms with van der Waals surface area (Å²) < 4.78 is 62.0. The molecule has 0 amide bonds. The first-order valence-corrected chi connectivity index (χ1v) is 14.7. The fourth-order valence-electron chi connectivity index (χ4n) is 5.13. The van der Waals surface area contributed by atoms with Gasteiger partial charge in [-0.25, -0.2) is 13.8 Å². The van der Waals surface area contributed by atoms with Gasteiger partial charge in [-0.1, -0.05) is 54.1 Å².